The van der Waals surface area contributed by atoms with E-state index in [1.54, 1.807) is 12.1 Å². The fraction of sp³-hybridized carbons (Fsp3) is 0.412. The highest BCUT2D eigenvalue weighted by atomic mass is 16.5. The summed E-state index contributed by atoms with van der Waals surface area (Å²) in [6.07, 6.45) is 2.11. The molecule has 1 aromatic carbocycles. The van der Waals surface area contributed by atoms with Crippen molar-refractivity contribution in [2.75, 3.05) is 6.61 Å². The van der Waals surface area contributed by atoms with Crippen molar-refractivity contribution < 1.29 is 13.9 Å². The minimum Gasteiger partial charge on any atom is -0.451 e. The smallest absolute Gasteiger partial charge is 0.287 e. The molecule has 2 fully saturated rings. The highest BCUT2D eigenvalue weighted by Gasteiger charge is 2.45. The topological polar surface area (TPSA) is 68.5 Å². The van der Waals surface area contributed by atoms with Crippen molar-refractivity contribution in [2.24, 2.45) is 5.92 Å². The van der Waals surface area contributed by atoms with Crippen molar-refractivity contribution in [1.29, 1.82) is 0 Å². The molecule has 0 radical (unpaired) electrons. The number of amides is 1. The third-order valence-corrected chi connectivity index (χ3v) is 4.69. The van der Waals surface area contributed by atoms with Gasteiger partial charge in [-0.25, -0.2) is 0 Å². The second-order valence-corrected chi connectivity index (χ2v) is 6.15. The third kappa shape index (κ3) is 2.13. The molecule has 1 amide bonds. The number of aryl methyl sites for hydroxylation is 1. The van der Waals surface area contributed by atoms with Gasteiger partial charge in [0, 0.05) is 24.6 Å². The molecule has 5 nitrogen and oxygen atoms in total. The quantitative estimate of drug-likeness (QED) is 0.921. The summed E-state index contributed by atoms with van der Waals surface area (Å²) in [6, 6.07) is 6.75. The van der Waals surface area contributed by atoms with Crippen LogP contribution in [0, 0.1) is 12.8 Å². The maximum Gasteiger partial charge on any atom is 0.287 e. The van der Waals surface area contributed by atoms with Crippen LogP contribution >= 0.6 is 0 Å². The number of benzene rings is 1. The van der Waals surface area contributed by atoms with Gasteiger partial charge in [-0.3, -0.25) is 9.59 Å². The lowest BCUT2D eigenvalue weighted by Gasteiger charge is -2.39. The molecule has 0 bridgehead atoms. The lowest BCUT2D eigenvalue weighted by atomic mass is 9.76. The van der Waals surface area contributed by atoms with Crippen LogP contribution in [0.3, 0.4) is 0 Å². The summed E-state index contributed by atoms with van der Waals surface area (Å²) < 4.78 is 11.2. The van der Waals surface area contributed by atoms with Crippen molar-refractivity contribution in [2.45, 2.75) is 31.9 Å². The second kappa shape index (κ2) is 4.95. The molecular formula is C17H17NO4. The Hall–Kier alpha value is -2.14. The molecule has 22 heavy (non-hydrogen) atoms. The summed E-state index contributed by atoms with van der Waals surface area (Å²) in [5.74, 6) is 0.152. The number of carbonyl (C=O) groups is 1. The van der Waals surface area contributed by atoms with Gasteiger partial charge in [-0.2, -0.15) is 0 Å². The zero-order chi connectivity index (χ0) is 15.3. The molecule has 0 spiro atoms. The van der Waals surface area contributed by atoms with E-state index in [1.165, 1.54) is 6.07 Å². The minimum absolute atomic E-state index is 0.0745. The van der Waals surface area contributed by atoms with Gasteiger partial charge in [0.05, 0.1) is 11.5 Å². The SMILES string of the molecule is Cc1ccc2c(=O)cc(C(=O)N[C@H]3C[C@@H]4OCC[C@H]34)oc2c1. The fourth-order valence-corrected chi connectivity index (χ4v) is 3.38. The number of nitrogens with one attached hydrogen (secondary N) is 1. The zero-order valence-electron chi connectivity index (χ0n) is 12.3. The molecule has 1 aromatic heterocycles. The molecule has 1 aliphatic carbocycles. The summed E-state index contributed by atoms with van der Waals surface area (Å²) in [6.45, 7) is 2.69. The second-order valence-electron chi connectivity index (χ2n) is 6.15. The van der Waals surface area contributed by atoms with E-state index in [2.05, 4.69) is 5.32 Å². The minimum atomic E-state index is -0.323. The van der Waals surface area contributed by atoms with Gasteiger partial charge in [0.15, 0.2) is 11.2 Å². The molecule has 0 unspecified atom stereocenters. The average molecular weight is 299 g/mol. The first-order valence-electron chi connectivity index (χ1n) is 7.59. The van der Waals surface area contributed by atoms with Crippen molar-refractivity contribution in [3.05, 3.63) is 45.8 Å². The first-order valence-corrected chi connectivity index (χ1v) is 7.59. The van der Waals surface area contributed by atoms with Gasteiger partial charge < -0.3 is 14.5 Å². The summed E-state index contributed by atoms with van der Waals surface area (Å²) in [5.41, 5.74) is 1.24. The summed E-state index contributed by atoms with van der Waals surface area (Å²) in [5, 5.41) is 3.45. The Morgan fingerprint density at radius 1 is 1.32 bits per heavy atom. The first-order chi connectivity index (χ1) is 10.6. The Kier molecular flexibility index (Phi) is 3.04. The van der Waals surface area contributed by atoms with E-state index in [9.17, 15) is 9.59 Å². The van der Waals surface area contributed by atoms with E-state index in [4.69, 9.17) is 9.15 Å². The molecule has 1 N–H and O–H groups in total. The number of hydrogen-bond acceptors (Lipinski definition) is 4. The molecule has 3 atom stereocenters. The van der Waals surface area contributed by atoms with Crippen LogP contribution in [0.15, 0.2) is 33.5 Å². The van der Waals surface area contributed by atoms with Gasteiger partial charge in [-0.1, -0.05) is 6.07 Å². The number of rotatable bonds is 2. The van der Waals surface area contributed by atoms with E-state index in [0.29, 0.717) is 16.9 Å². The molecule has 114 valence electrons. The Bertz CT molecular complexity index is 810. The highest BCUT2D eigenvalue weighted by Crippen LogP contribution is 2.38. The number of fused-ring (bicyclic) bond motifs is 2. The number of ether oxygens (including phenoxy) is 1. The van der Waals surface area contributed by atoms with Crippen molar-refractivity contribution in [3.63, 3.8) is 0 Å². The summed E-state index contributed by atoms with van der Waals surface area (Å²) >= 11 is 0. The lowest BCUT2D eigenvalue weighted by molar-refractivity contribution is 0.00773. The first kappa shape index (κ1) is 13.5. The Morgan fingerprint density at radius 2 is 2.18 bits per heavy atom. The van der Waals surface area contributed by atoms with Crippen LogP contribution < -0.4 is 10.7 Å². The average Bonchev–Trinajstić information content (AvgIpc) is 2.85. The van der Waals surface area contributed by atoms with E-state index < -0.39 is 0 Å². The largest absolute Gasteiger partial charge is 0.451 e. The standard InChI is InChI=1S/C17H17NO4/c1-9-2-3-11-13(19)8-16(22-15(11)6-9)17(20)18-12-7-14-10(12)4-5-21-14/h2-3,6,8,10,12,14H,4-5,7H2,1H3,(H,18,20)/t10-,12+,14+/m1/s1. The Morgan fingerprint density at radius 3 is 3.00 bits per heavy atom. The van der Waals surface area contributed by atoms with E-state index >= 15 is 0 Å². The predicted molar refractivity (Wildman–Crippen MR) is 80.9 cm³/mol. The van der Waals surface area contributed by atoms with Crippen molar-refractivity contribution in [1.82, 2.24) is 5.32 Å². The normalized spacial score (nSPS) is 26.5. The predicted octanol–water partition coefficient (Wildman–Crippen LogP) is 2.01. The van der Waals surface area contributed by atoms with Gasteiger partial charge in [-0.05, 0) is 37.5 Å². The van der Waals surface area contributed by atoms with Gasteiger partial charge in [0.2, 0.25) is 0 Å². The Labute approximate surface area is 127 Å². The molecule has 1 saturated heterocycles. The molecule has 2 aromatic rings. The third-order valence-electron chi connectivity index (χ3n) is 4.69. The highest BCUT2D eigenvalue weighted by molar-refractivity contribution is 5.93. The van der Waals surface area contributed by atoms with Gasteiger partial charge >= 0.3 is 0 Å². The van der Waals surface area contributed by atoms with Crippen molar-refractivity contribution in [3.8, 4) is 0 Å². The maximum absolute atomic E-state index is 12.3. The zero-order valence-corrected chi connectivity index (χ0v) is 12.3. The molecule has 4 rings (SSSR count). The van der Waals surface area contributed by atoms with Crippen LogP contribution in [0.25, 0.3) is 11.0 Å². The monoisotopic (exact) mass is 299 g/mol. The van der Waals surface area contributed by atoms with Gasteiger partial charge in [-0.15, -0.1) is 0 Å². The van der Waals surface area contributed by atoms with Crippen LogP contribution in [-0.4, -0.2) is 24.7 Å². The van der Waals surface area contributed by atoms with E-state index in [-0.39, 0.29) is 29.2 Å². The number of carbonyl (C=O) groups excluding carboxylic acids is 1. The van der Waals surface area contributed by atoms with Crippen LogP contribution in [0.4, 0.5) is 0 Å². The van der Waals surface area contributed by atoms with E-state index in [0.717, 1.165) is 25.0 Å². The molecular weight excluding hydrogens is 282 g/mol. The van der Waals surface area contributed by atoms with Crippen LogP contribution in [0.2, 0.25) is 0 Å². The lowest BCUT2D eigenvalue weighted by Crippen LogP contribution is -2.53. The van der Waals surface area contributed by atoms with E-state index in [1.807, 2.05) is 13.0 Å². The van der Waals surface area contributed by atoms with Gasteiger partial charge in [0.1, 0.15) is 5.58 Å². The summed E-state index contributed by atoms with van der Waals surface area (Å²) in [7, 11) is 0. The molecule has 5 heteroatoms. The molecule has 1 saturated carbocycles. The van der Waals surface area contributed by atoms with Crippen LogP contribution in [0.1, 0.15) is 29.0 Å². The summed E-state index contributed by atoms with van der Waals surface area (Å²) in [4.78, 5) is 24.4. The van der Waals surface area contributed by atoms with Crippen LogP contribution in [0.5, 0.6) is 0 Å². The van der Waals surface area contributed by atoms with Gasteiger partial charge in [0.25, 0.3) is 5.91 Å². The fourth-order valence-electron chi connectivity index (χ4n) is 3.38. The molecule has 2 heterocycles. The maximum atomic E-state index is 12.3. The Balaban J connectivity index is 1.60. The molecule has 1 aliphatic heterocycles. The van der Waals surface area contributed by atoms with Crippen LogP contribution in [-0.2, 0) is 4.74 Å². The molecule has 2 aliphatic rings. The number of hydrogen-bond donors (Lipinski definition) is 1. The van der Waals surface area contributed by atoms with Crippen molar-refractivity contribution >= 4 is 16.9 Å².